The van der Waals surface area contributed by atoms with Gasteiger partial charge in [-0.25, -0.2) is 4.79 Å². The summed E-state index contributed by atoms with van der Waals surface area (Å²) < 4.78 is 5.76. The molecule has 0 aliphatic heterocycles. The van der Waals surface area contributed by atoms with Crippen molar-refractivity contribution in [3.8, 4) is 5.75 Å². The Bertz CT molecular complexity index is 843. The number of carbonyl (C=O) groups excluding carboxylic acids is 2. The molecule has 0 bridgehead atoms. The van der Waals surface area contributed by atoms with E-state index in [-0.39, 0.29) is 18.5 Å². The van der Waals surface area contributed by atoms with Crippen LogP contribution in [0.25, 0.3) is 0 Å². The molecule has 0 unspecified atom stereocenters. The van der Waals surface area contributed by atoms with Gasteiger partial charge in [0.25, 0.3) is 5.91 Å². The fourth-order valence-electron chi connectivity index (χ4n) is 2.80. The van der Waals surface area contributed by atoms with Crippen molar-refractivity contribution in [3.63, 3.8) is 0 Å². The number of nitrogens with one attached hydrogen (secondary N) is 3. The molecule has 2 aromatic rings. The molecule has 1 saturated carbocycles. The third-order valence-corrected chi connectivity index (χ3v) is 4.49. The van der Waals surface area contributed by atoms with Crippen LogP contribution in [0.1, 0.15) is 43.7 Å². The number of hydrogen-bond donors (Lipinski definition) is 3. The van der Waals surface area contributed by atoms with Gasteiger partial charge < -0.3 is 20.7 Å². The van der Waals surface area contributed by atoms with Gasteiger partial charge in [-0.1, -0.05) is 26.0 Å². The number of rotatable bonds is 7. The summed E-state index contributed by atoms with van der Waals surface area (Å²) in [7, 11) is 0. The predicted molar refractivity (Wildman–Crippen MR) is 111 cm³/mol. The van der Waals surface area contributed by atoms with E-state index in [1.165, 1.54) is 0 Å². The third-order valence-electron chi connectivity index (χ3n) is 4.49. The topological polar surface area (TPSA) is 79.5 Å². The molecule has 3 amide bonds. The molecular weight excluding hydrogens is 354 g/mol. The lowest BCUT2D eigenvalue weighted by Gasteiger charge is -2.15. The third kappa shape index (κ3) is 5.74. The highest BCUT2D eigenvalue weighted by atomic mass is 16.5. The number of urea groups is 1. The minimum atomic E-state index is -0.233. The average molecular weight is 381 g/mol. The van der Waals surface area contributed by atoms with E-state index in [2.05, 4.69) is 29.8 Å². The van der Waals surface area contributed by atoms with E-state index in [0.717, 1.165) is 29.7 Å². The van der Waals surface area contributed by atoms with Gasteiger partial charge in [-0.15, -0.1) is 0 Å². The maximum atomic E-state index is 12.2. The quantitative estimate of drug-likeness (QED) is 0.664. The zero-order chi connectivity index (χ0) is 20.1. The molecule has 0 radical (unpaired) electrons. The number of aryl methyl sites for hydroxylation is 1. The second kappa shape index (κ2) is 8.78. The lowest BCUT2D eigenvalue weighted by atomic mass is 10.0. The Kier molecular flexibility index (Phi) is 6.19. The highest BCUT2D eigenvalue weighted by Crippen LogP contribution is 2.27. The molecule has 1 aliphatic carbocycles. The maximum absolute atomic E-state index is 12.2. The highest BCUT2D eigenvalue weighted by Gasteiger charge is 2.23. The SMILES string of the molecule is Cc1ccc(C(C)C)c(OCC(=O)Nc2ccc(NC(=O)NC3CC3)cc2)c1. The predicted octanol–water partition coefficient (Wildman–Crippen LogP) is 4.42. The van der Waals surface area contributed by atoms with Crippen LogP contribution in [0, 0.1) is 6.92 Å². The van der Waals surface area contributed by atoms with Crippen LogP contribution in [-0.2, 0) is 4.79 Å². The second-order valence-corrected chi connectivity index (χ2v) is 7.48. The number of ether oxygens (including phenoxy) is 1. The Hall–Kier alpha value is -3.02. The van der Waals surface area contributed by atoms with Crippen molar-refractivity contribution in [2.45, 2.75) is 45.6 Å². The molecule has 0 aromatic heterocycles. The van der Waals surface area contributed by atoms with Crippen molar-refractivity contribution < 1.29 is 14.3 Å². The number of benzene rings is 2. The summed E-state index contributed by atoms with van der Waals surface area (Å²) in [6.07, 6.45) is 2.09. The Morgan fingerprint density at radius 1 is 1.04 bits per heavy atom. The van der Waals surface area contributed by atoms with Gasteiger partial charge in [-0.05, 0) is 67.1 Å². The molecule has 1 aliphatic rings. The second-order valence-electron chi connectivity index (χ2n) is 7.48. The summed E-state index contributed by atoms with van der Waals surface area (Å²) in [5.74, 6) is 0.825. The summed E-state index contributed by atoms with van der Waals surface area (Å²) in [6, 6.07) is 13.1. The molecule has 6 heteroatoms. The van der Waals surface area contributed by atoms with Crippen LogP contribution in [0.2, 0.25) is 0 Å². The molecule has 0 spiro atoms. The first-order chi connectivity index (χ1) is 13.4. The van der Waals surface area contributed by atoms with Crippen LogP contribution in [0.3, 0.4) is 0 Å². The number of anilines is 2. The van der Waals surface area contributed by atoms with E-state index in [0.29, 0.717) is 23.3 Å². The van der Waals surface area contributed by atoms with Gasteiger partial charge in [-0.2, -0.15) is 0 Å². The van der Waals surface area contributed by atoms with E-state index >= 15 is 0 Å². The first-order valence-corrected chi connectivity index (χ1v) is 9.61. The average Bonchev–Trinajstić information content (AvgIpc) is 3.45. The van der Waals surface area contributed by atoms with Gasteiger partial charge in [-0.3, -0.25) is 4.79 Å². The Morgan fingerprint density at radius 2 is 1.68 bits per heavy atom. The summed E-state index contributed by atoms with van der Waals surface area (Å²) in [5.41, 5.74) is 3.50. The molecule has 6 nitrogen and oxygen atoms in total. The van der Waals surface area contributed by atoms with Gasteiger partial charge in [0.1, 0.15) is 5.75 Å². The zero-order valence-electron chi connectivity index (χ0n) is 16.5. The summed E-state index contributed by atoms with van der Waals surface area (Å²) in [6.45, 7) is 6.13. The number of amides is 3. The zero-order valence-corrected chi connectivity index (χ0v) is 16.5. The lowest BCUT2D eigenvalue weighted by Crippen LogP contribution is -2.30. The first kappa shape index (κ1) is 19.7. The molecule has 148 valence electrons. The normalized spacial score (nSPS) is 13.1. The van der Waals surface area contributed by atoms with Crippen molar-refractivity contribution in [2.24, 2.45) is 0 Å². The molecule has 28 heavy (non-hydrogen) atoms. The molecule has 3 rings (SSSR count). The largest absolute Gasteiger partial charge is 0.483 e. The van der Waals surface area contributed by atoms with Crippen molar-refractivity contribution in [1.82, 2.24) is 5.32 Å². The molecule has 3 N–H and O–H groups in total. The molecule has 0 atom stereocenters. The standard InChI is InChI=1S/C22H27N3O3/c1-14(2)19-11-4-15(3)12-20(19)28-13-21(26)23-16-5-7-17(8-6-16)24-22(27)25-18-9-10-18/h4-8,11-12,14,18H,9-10,13H2,1-3H3,(H,23,26)(H2,24,25,27). The molecule has 0 heterocycles. The van der Waals surface area contributed by atoms with Crippen LogP contribution in [0.15, 0.2) is 42.5 Å². The van der Waals surface area contributed by atoms with E-state index in [9.17, 15) is 9.59 Å². The van der Waals surface area contributed by atoms with E-state index in [1.807, 2.05) is 25.1 Å². The number of carbonyl (C=O) groups is 2. The Morgan fingerprint density at radius 3 is 2.29 bits per heavy atom. The lowest BCUT2D eigenvalue weighted by molar-refractivity contribution is -0.118. The van der Waals surface area contributed by atoms with Crippen LogP contribution in [-0.4, -0.2) is 24.6 Å². The van der Waals surface area contributed by atoms with Crippen LogP contribution in [0.5, 0.6) is 5.75 Å². The van der Waals surface area contributed by atoms with E-state index in [4.69, 9.17) is 4.74 Å². The van der Waals surface area contributed by atoms with Crippen molar-refractivity contribution >= 4 is 23.3 Å². The number of hydrogen-bond acceptors (Lipinski definition) is 3. The van der Waals surface area contributed by atoms with Crippen molar-refractivity contribution in [3.05, 3.63) is 53.6 Å². The fourth-order valence-corrected chi connectivity index (χ4v) is 2.80. The van der Waals surface area contributed by atoms with Gasteiger partial charge in [0, 0.05) is 17.4 Å². The molecule has 2 aromatic carbocycles. The van der Waals surface area contributed by atoms with Gasteiger partial charge in [0.2, 0.25) is 0 Å². The van der Waals surface area contributed by atoms with E-state index < -0.39 is 0 Å². The minimum Gasteiger partial charge on any atom is -0.483 e. The highest BCUT2D eigenvalue weighted by molar-refractivity contribution is 5.93. The van der Waals surface area contributed by atoms with Gasteiger partial charge in [0.15, 0.2) is 6.61 Å². The summed E-state index contributed by atoms with van der Waals surface area (Å²) >= 11 is 0. The monoisotopic (exact) mass is 381 g/mol. The molecule has 1 fully saturated rings. The maximum Gasteiger partial charge on any atom is 0.319 e. The van der Waals surface area contributed by atoms with Crippen LogP contribution >= 0.6 is 0 Å². The molecular formula is C22H27N3O3. The van der Waals surface area contributed by atoms with Gasteiger partial charge in [0.05, 0.1) is 0 Å². The fraction of sp³-hybridized carbons (Fsp3) is 0.364. The smallest absolute Gasteiger partial charge is 0.319 e. The summed E-state index contributed by atoms with van der Waals surface area (Å²) in [5, 5.41) is 8.44. The van der Waals surface area contributed by atoms with Gasteiger partial charge >= 0.3 is 6.03 Å². The van der Waals surface area contributed by atoms with Crippen molar-refractivity contribution in [2.75, 3.05) is 17.2 Å². The molecule has 0 saturated heterocycles. The van der Waals surface area contributed by atoms with Crippen molar-refractivity contribution in [1.29, 1.82) is 0 Å². The summed E-state index contributed by atoms with van der Waals surface area (Å²) in [4.78, 5) is 24.0. The van der Waals surface area contributed by atoms with E-state index in [1.54, 1.807) is 24.3 Å². The minimum absolute atomic E-state index is 0.0625. The van der Waals surface area contributed by atoms with Crippen LogP contribution < -0.4 is 20.7 Å². The van der Waals surface area contributed by atoms with Crippen LogP contribution in [0.4, 0.5) is 16.2 Å². The first-order valence-electron chi connectivity index (χ1n) is 9.61. The Balaban J connectivity index is 1.51. The Labute approximate surface area is 165 Å².